The van der Waals surface area contributed by atoms with Crippen LogP contribution >= 0.6 is 0 Å². The van der Waals surface area contributed by atoms with Crippen molar-refractivity contribution >= 4 is 11.6 Å². The van der Waals surface area contributed by atoms with E-state index in [-0.39, 0.29) is 12.5 Å². The first kappa shape index (κ1) is 18.4. The molecule has 144 valence electrons. The molecule has 0 saturated carbocycles. The highest BCUT2D eigenvalue weighted by atomic mass is 16.5. The molecule has 0 aliphatic heterocycles. The Bertz CT molecular complexity index is 1110. The summed E-state index contributed by atoms with van der Waals surface area (Å²) >= 11 is 0. The number of para-hydroxylation sites is 2. The zero-order valence-corrected chi connectivity index (χ0v) is 15.8. The summed E-state index contributed by atoms with van der Waals surface area (Å²) in [4.78, 5) is 16.6. The first-order chi connectivity index (χ1) is 14.2. The fourth-order valence-electron chi connectivity index (χ4n) is 2.78. The zero-order valence-electron chi connectivity index (χ0n) is 15.8. The molecular formula is C23H19N3O3. The molecule has 29 heavy (non-hydrogen) atoms. The van der Waals surface area contributed by atoms with Crippen molar-refractivity contribution in [3.05, 3.63) is 84.4 Å². The topological polar surface area (TPSA) is 77.2 Å². The average Bonchev–Trinajstić information content (AvgIpc) is 3.24. The number of nitrogens with one attached hydrogen (secondary N) is 1. The Balaban J connectivity index is 1.48. The van der Waals surface area contributed by atoms with Crippen molar-refractivity contribution in [3.63, 3.8) is 0 Å². The van der Waals surface area contributed by atoms with Crippen LogP contribution in [0.2, 0.25) is 0 Å². The second-order valence-corrected chi connectivity index (χ2v) is 6.49. The van der Waals surface area contributed by atoms with Crippen molar-refractivity contribution < 1.29 is 14.1 Å². The number of hydrogen-bond donors (Lipinski definition) is 1. The minimum Gasteiger partial charge on any atom is -0.483 e. The van der Waals surface area contributed by atoms with Gasteiger partial charge < -0.3 is 14.6 Å². The number of benzene rings is 3. The Morgan fingerprint density at radius 3 is 2.48 bits per heavy atom. The van der Waals surface area contributed by atoms with Crippen LogP contribution in [-0.4, -0.2) is 22.7 Å². The molecule has 4 rings (SSSR count). The molecular weight excluding hydrogens is 366 g/mol. The quantitative estimate of drug-likeness (QED) is 0.519. The van der Waals surface area contributed by atoms with Crippen LogP contribution in [0.1, 0.15) is 5.56 Å². The number of carbonyl (C=O) groups excluding carboxylic acids is 1. The van der Waals surface area contributed by atoms with Gasteiger partial charge in [0, 0.05) is 11.3 Å². The molecule has 0 atom stereocenters. The molecule has 0 bridgehead atoms. The second-order valence-electron chi connectivity index (χ2n) is 6.49. The molecule has 1 amide bonds. The third-order valence-corrected chi connectivity index (χ3v) is 4.27. The summed E-state index contributed by atoms with van der Waals surface area (Å²) in [6.45, 7) is 1.89. The fraction of sp³-hybridized carbons (Fsp3) is 0.0870. The van der Waals surface area contributed by atoms with Crippen LogP contribution in [-0.2, 0) is 4.79 Å². The summed E-state index contributed by atoms with van der Waals surface area (Å²) in [5, 5.41) is 6.85. The van der Waals surface area contributed by atoms with E-state index in [4.69, 9.17) is 9.26 Å². The summed E-state index contributed by atoms with van der Waals surface area (Å²) < 4.78 is 11.2. The maximum Gasteiger partial charge on any atom is 0.262 e. The van der Waals surface area contributed by atoms with E-state index in [9.17, 15) is 4.79 Å². The largest absolute Gasteiger partial charge is 0.483 e. The number of anilines is 1. The smallest absolute Gasteiger partial charge is 0.262 e. The molecule has 1 aromatic heterocycles. The minimum atomic E-state index is -0.253. The second kappa shape index (κ2) is 8.39. The number of aryl methyl sites for hydroxylation is 1. The number of ether oxygens (including phenoxy) is 1. The number of nitrogens with zero attached hydrogens (tertiary/aromatic N) is 2. The molecule has 0 unspecified atom stereocenters. The molecule has 6 heteroatoms. The zero-order chi connectivity index (χ0) is 20.1. The van der Waals surface area contributed by atoms with Crippen molar-refractivity contribution in [2.75, 3.05) is 11.9 Å². The van der Waals surface area contributed by atoms with E-state index in [0.29, 0.717) is 28.7 Å². The molecule has 0 saturated heterocycles. The predicted molar refractivity (Wildman–Crippen MR) is 110 cm³/mol. The van der Waals surface area contributed by atoms with E-state index in [0.717, 1.165) is 11.1 Å². The number of carbonyl (C=O) groups is 1. The molecule has 6 nitrogen and oxygen atoms in total. The first-order valence-corrected chi connectivity index (χ1v) is 9.17. The molecule has 0 fully saturated rings. The van der Waals surface area contributed by atoms with Crippen molar-refractivity contribution in [1.29, 1.82) is 0 Å². The van der Waals surface area contributed by atoms with Gasteiger partial charge in [-0.05, 0) is 31.2 Å². The van der Waals surface area contributed by atoms with Crippen LogP contribution in [0.5, 0.6) is 5.75 Å². The van der Waals surface area contributed by atoms with Crippen LogP contribution in [0.25, 0.3) is 22.8 Å². The minimum absolute atomic E-state index is 0.134. The van der Waals surface area contributed by atoms with Crippen LogP contribution < -0.4 is 10.1 Å². The number of hydrogen-bond acceptors (Lipinski definition) is 5. The van der Waals surface area contributed by atoms with Crippen molar-refractivity contribution in [2.24, 2.45) is 0 Å². The summed E-state index contributed by atoms with van der Waals surface area (Å²) in [5.74, 6) is 1.07. The lowest BCUT2D eigenvalue weighted by molar-refractivity contribution is -0.118. The summed E-state index contributed by atoms with van der Waals surface area (Å²) in [7, 11) is 0. The summed E-state index contributed by atoms with van der Waals surface area (Å²) in [6, 6.07) is 24.4. The molecule has 1 N–H and O–H groups in total. The Morgan fingerprint density at radius 1 is 0.966 bits per heavy atom. The van der Waals surface area contributed by atoms with Gasteiger partial charge in [-0.3, -0.25) is 4.79 Å². The normalized spacial score (nSPS) is 10.5. The van der Waals surface area contributed by atoms with Gasteiger partial charge in [0.1, 0.15) is 5.75 Å². The Kier molecular flexibility index (Phi) is 5.33. The highest BCUT2D eigenvalue weighted by molar-refractivity contribution is 5.91. The van der Waals surface area contributed by atoms with E-state index in [1.807, 2.05) is 79.7 Å². The van der Waals surface area contributed by atoms with E-state index >= 15 is 0 Å². The SMILES string of the molecule is Cc1ccc(-c2noc(-c3ccccc3OCC(=O)Nc3ccccc3)n2)cc1. The van der Waals surface area contributed by atoms with Gasteiger partial charge in [0.05, 0.1) is 5.56 Å². The van der Waals surface area contributed by atoms with Gasteiger partial charge in [-0.1, -0.05) is 65.3 Å². The summed E-state index contributed by atoms with van der Waals surface area (Å²) in [5.41, 5.74) is 3.37. The van der Waals surface area contributed by atoms with E-state index in [1.54, 1.807) is 6.07 Å². The Morgan fingerprint density at radius 2 is 1.69 bits per heavy atom. The lowest BCUT2D eigenvalue weighted by Gasteiger charge is -2.09. The first-order valence-electron chi connectivity index (χ1n) is 9.17. The van der Waals surface area contributed by atoms with Gasteiger partial charge >= 0.3 is 0 Å². The fourth-order valence-corrected chi connectivity index (χ4v) is 2.78. The number of rotatable bonds is 6. The van der Waals surface area contributed by atoms with E-state index < -0.39 is 0 Å². The van der Waals surface area contributed by atoms with Crippen LogP contribution in [0.4, 0.5) is 5.69 Å². The third kappa shape index (κ3) is 4.50. The van der Waals surface area contributed by atoms with Gasteiger partial charge in [-0.15, -0.1) is 0 Å². The van der Waals surface area contributed by atoms with Gasteiger partial charge in [-0.2, -0.15) is 4.98 Å². The standard InChI is InChI=1S/C23H19N3O3/c1-16-11-13-17(14-12-16)22-25-23(29-26-22)19-9-5-6-10-20(19)28-15-21(27)24-18-7-3-2-4-8-18/h2-14H,15H2,1H3,(H,24,27). The van der Waals surface area contributed by atoms with Gasteiger partial charge in [0.25, 0.3) is 11.8 Å². The third-order valence-electron chi connectivity index (χ3n) is 4.27. The molecule has 0 aliphatic rings. The Hall–Kier alpha value is -3.93. The van der Waals surface area contributed by atoms with Crippen LogP contribution in [0.15, 0.2) is 83.4 Å². The lowest BCUT2D eigenvalue weighted by Crippen LogP contribution is -2.20. The average molecular weight is 385 g/mol. The molecule has 1 heterocycles. The molecule has 0 spiro atoms. The van der Waals surface area contributed by atoms with Gasteiger partial charge in [0.15, 0.2) is 6.61 Å². The highest BCUT2D eigenvalue weighted by Crippen LogP contribution is 2.30. The maximum atomic E-state index is 12.2. The van der Waals surface area contributed by atoms with Crippen molar-refractivity contribution in [1.82, 2.24) is 10.1 Å². The molecule has 0 radical (unpaired) electrons. The molecule has 0 aliphatic carbocycles. The van der Waals surface area contributed by atoms with Crippen molar-refractivity contribution in [3.8, 4) is 28.6 Å². The lowest BCUT2D eigenvalue weighted by atomic mass is 10.1. The Labute approximate surface area is 168 Å². The van der Waals surface area contributed by atoms with Gasteiger partial charge in [-0.25, -0.2) is 0 Å². The van der Waals surface area contributed by atoms with E-state index in [1.165, 1.54) is 0 Å². The van der Waals surface area contributed by atoms with Gasteiger partial charge in [0.2, 0.25) is 5.82 Å². The highest BCUT2D eigenvalue weighted by Gasteiger charge is 2.15. The number of amides is 1. The maximum absolute atomic E-state index is 12.2. The molecule has 4 aromatic rings. The van der Waals surface area contributed by atoms with Crippen LogP contribution in [0.3, 0.4) is 0 Å². The summed E-state index contributed by atoms with van der Waals surface area (Å²) in [6.07, 6.45) is 0. The van der Waals surface area contributed by atoms with Crippen LogP contribution in [0, 0.1) is 6.92 Å². The monoisotopic (exact) mass is 385 g/mol. The van der Waals surface area contributed by atoms with E-state index in [2.05, 4.69) is 15.5 Å². The number of aromatic nitrogens is 2. The van der Waals surface area contributed by atoms with Crippen molar-refractivity contribution in [2.45, 2.75) is 6.92 Å². The predicted octanol–water partition coefficient (Wildman–Crippen LogP) is 4.73. The molecule has 3 aromatic carbocycles.